The third kappa shape index (κ3) is 7.45. The van der Waals surface area contributed by atoms with Crippen LogP contribution in [0.15, 0.2) is 23.2 Å². The van der Waals surface area contributed by atoms with E-state index in [0.717, 1.165) is 43.9 Å². The van der Waals surface area contributed by atoms with Crippen LogP contribution in [0.5, 0.6) is 0 Å². The Morgan fingerprint density at radius 3 is 2.26 bits per heavy atom. The summed E-state index contributed by atoms with van der Waals surface area (Å²) in [6, 6.07) is 5.44. The maximum atomic E-state index is 11.4. The molecule has 0 aromatic carbocycles. The number of hydrogen-bond acceptors (Lipinski definition) is 6. The van der Waals surface area contributed by atoms with E-state index in [1.165, 1.54) is 6.92 Å². The van der Waals surface area contributed by atoms with Crippen LogP contribution in [0.3, 0.4) is 0 Å². The minimum Gasteiger partial charge on any atom is -0.330 e. The molecule has 0 aliphatic rings. The van der Waals surface area contributed by atoms with Crippen LogP contribution in [0.1, 0.15) is 42.9 Å². The molecule has 6 heteroatoms. The van der Waals surface area contributed by atoms with Crippen LogP contribution >= 0.6 is 0 Å². The monoisotopic (exact) mass is 319 g/mol. The Bertz CT molecular complexity index is 507. The van der Waals surface area contributed by atoms with Gasteiger partial charge in [0.25, 0.3) is 0 Å². The Morgan fingerprint density at radius 2 is 1.70 bits per heavy atom. The molecule has 1 heterocycles. The molecule has 0 aliphatic heterocycles. The molecule has 1 rings (SSSR count). The molecule has 128 valence electrons. The summed E-state index contributed by atoms with van der Waals surface area (Å²) >= 11 is 0. The van der Waals surface area contributed by atoms with Crippen molar-refractivity contribution in [2.75, 3.05) is 39.3 Å². The molecular weight excluding hydrogens is 290 g/mol. The van der Waals surface area contributed by atoms with E-state index in [-0.39, 0.29) is 5.78 Å². The minimum absolute atomic E-state index is 0.0330. The van der Waals surface area contributed by atoms with E-state index < -0.39 is 0 Å². The molecule has 1 aromatic heterocycles. The van der Waals surface area contributed by atoms with Crippen molar-refractivity contribution in [3.8, 4) is 0 Å². The molecule has 23 heavy (non-hydrogen) atoms. The highest BCUT2D eigenvalue weighted by Crippen LogP contribution is 2.03. The van der Waals surface area contributed by atoms with Gasteiger partial charge in [0.1, 0.15) is 5.69 Å². The van der Waals surface area contributed by atoms with Gasteiger partial charge in [-0.2, -0.15) is 0 Å². The minimum atomic E-state index is -0.0330. The van der Waals surface area contributed by atoms with E-state index >= 15 is 0 Å². The number of aliphatic imine (C=N–C) groups is 1. The predicted octanol–water partition coefficient (Wildman–Crippen LogP) is 1.09. The molecule has 0 saturated heterocycles. The van der Waals surface area contributed by atoms with Gasteiger partial charge in [0, 0.05) is 13.5 Å². The first-order valence-electron chi connectivity index (χ1n) is 8.20. The number of hydrogen-bond donors (Lipinski definition) is 2. The van der Waals surface area contributed by atoms with Gasteiger partial charge >= 0.3 is 0 Å². The normalized spacial score (nSPS) is 12.0. The number of Topliss-reactive ketones (excluding diaryl/α,β-unsaturated/α-hetero) is 1. The lowest BCUT2D eigenvalue weighted by Crippen LogP contribution is -2.31. The fourth-order valence-corrected chi connectivity index (χ4v) is 2.24. The molecule has 0 unspecified atom stereocenters. The van der Waals surface area contributed by atoms with E-state index in [0.29, 0.717) is 25.3 Å². The largest absolute Gasteiger partial charge is 0.330 e. The number of carbonyl (C=O) groups excluding carboxylic acids is 1. The van der Waals surface area contributed by atoms with Crippen LogP contribution in [0, 0.1) is 0 Å². The second kappa shape index (κ2) is 11.0. The number of ketones is 1. The highest BCUT2D eigenvalue weighted by atomic mass is 16.1. The molecule has 1 aromatic rings. The second-order valence-electron chi connectivity index (χ2n) is 5.56. The van der Waals surface area contributed by atoms with Crippen LogP contribution in [0.4, 0.5) is 0 Å². The summed E-state index contributed by atoms with van der Waals surface area (Å²) in [5.41, 5.74) is 13.3. The average Bonchev–Trinajstić information content (AvgIpc) is 2.56. The van der Waals surface area contributed by atoms with Crippen molar-refractivity contribution in [2.24, 2.45) is 16.5 Å². The smallest absolute Gasteiger partial charge is 0.178 e. The van der Waals surface area contributed by atoms with Gasteiger partial charge in [-0.1, -0.05) is 6.07 Å². The lowest BCUT2D eigenvalue weighted by molar-refractivity contribution is 0.101. The molecule has 0 atom stereocenters. The molecular formula is C17H29N5O. The number of carbonyl (C=O) groups is 1. The van der Waals surface area contributed by atoms with Crippen molar-refractivity contribution >= 4 is 11.5 Å². The molecule has 4 N–H and O–H groups in total. The van der Waals surface area contributed by atoms with Crippen LogP contribution in [-0.4, -0.2) is 60.6 Å². The Balaban J connectivity index is 2.59. The molecule has 0 spiro atoms. The molecule has 0 saturated carbocycles. The first kappa shape index (κ1) is 19.4. The van der Waals surface area contributed by atoms with Gasteiger partial charge in [-0.15, -0.1) is 0 Å². The van der Waals surface area contributed by atoms with Crippen molar-refractivity contribution < 1.29 is 4.79 Å². The number of rotatable bonds is 11. The molecule has 0 radical (unpaired) electrons. The summed E-state index contributed by atoms with van der Waals surface area (Å²) in [6.45, 7) is 8.37. The highest BCUT2D eigenvalue weighted by molar-refractivity contribution is 5.99. The van der Waals surface area contributed by atoms with E-state index in [1.54, 1.807) is 6.07 Å². The first-order valence-corrected chi connectivity index (χ1v) is 8.20. The quantitative estimate of drug-likeness (QED) is 0.470. The fourth-order valence-electron chi connectivity index (χ4n) is 2.24. The summed E-state index contributed by atoms with van der Waals surface area (Å²) in [5.74, 6) is -0.0330. The van der Waals surface area contributed by atoms with E-state index in [4.69, 9.17) is 11.5 Å². The zero-order valence-corrected chi connectivity index (χ0v) is 14.3. The molecule has 0 amide bonds. The van der Waals surface area contributed by atoms with Crippen molar-refractivity contribution in [3.63, 3.8) is 0 Å². The topological polar surface area (TPSA) is 97.6 Å². The molecule has 0 bridgehead atoms. The summed E-state index contributed by atoms with van der Waals surface area (Å²) in [5, 5.41) is 0. The number of aromatic nitrogens is 1. The van der Waals surface area contributed by atoms with E-state index in [2.05, 4.69) is 14.9 Å². The zero-order chi connectivity index (χ0) is 17.1. The van der Waals surface area contributed by atoms with Crippen LogP contribution in [-0.2, 0) is 0 Å². The lowest BCUT2D eigenvalue weighted by Gasteiger charge is -2.20. The second-order valence-corrected chi connectivity index (χ2v) is 5.56. The number of nitrogens with two attached hydrogens (primary N) is 2. The van der Waals surface area contributed by atoms with Crippen LogP contribution in [0.2, 0.25) is 0 Å². The fraction of sp³-hybridized carbons (Fsp3) is 0.588. The summed E-state index contributed by atoms with van der Waals surface area (Å²) in [4.78, 5) is 22.7. The number of pyridine rings is 1. The van der Waals surface area contributed by atoms with Crippen molar-refractivity contribution in [3.05, 3.63) is 29.6 Å². The maximum Gasteiger partial charge on any atom is 0.178 e. The third-order valence-corrected chi connectivity index (χ3v) is 3.60. The van der Waals surface area contributed by atoms with Crippen LogP contribution in [0.25, 0.3) is 0 Å². The maximum absolute atomic E-state index is 11.4. The molecule has 6 nitrogen and oxygen atoms in total. The van der Waals surface area contributed by atoms with Gasteiger partial charge in [0.05, 0.1) is 18.0 Å². The number of nitrogens with zero attached hydrogens (tertiary/aromatic N) is 3. The summed E-state index contributed by atoms with van der Waals surface area (Å²) < 4.78 is 0. The van der Waals surface area contributed by atoms with E-state index in [1.807, 2.05) is 19.1 Å². The molecule has 0 aliphatic carbocycles. The average molecular weight is 319 g/mol. The van der Waals surface area contributed by atoms with Gasteiger partial charge in [0.15, 0.2) is 5.78 Å². The van der Waals surface area contributed by atoms with E-state index in [9.17, 15) is 4.79 Å². The van der Waals surface area contributed by atoms with Crippen molar-refractivity contribution in [1.82, 2.24) is 9.88 Å². The Labute approximate surface area is 139 Å². The van der Waals surface area contributed by atoms with Gasteiger partial charge in [-0.25, -0.2) is 4.98 Å². The Hall–Kier alpha value is -1.63. The Kier molecular flexibility index (Phi) is 9.28. The summed E-state index contributed by atoms with van der Waals surface area (Å²) in [7, 11) is 0. The lowest BCUT2D eigenvalue weighted by atomic mass is 10.2. The van der Waals surface area contributed by atoms with Crippen molar-refractivity contribution in [2.45, 2.75) is 26.7 Å². The van der Waals surface area contributed by atoms with Crippen molar-refractivity contribution in [1.29, 1.82) is 0 Å². The van der Waals surface area contributed by atoms with Gasteiger partial charge in [-0.3, -0.25) is 9.79 Å². The third-order valence-electron chi connectivity index (χ3n) is 3.60. The summed E-state index contributed by atoms with van der Waals surface area (Å²) in [6.07, 6.45) is 1.96. The SMILES string of the molecule is CC(=O)c1cccc(C(C)=NCCN(CCCN)CCCN)n1. The van der Waals surface area contributed by atoms with Gasteiger partial charge in [-0.05, 0) is 58.1 Å². The van der Waals surface area contributed by atoms with Gasteiger partial charge < -0.3 is 16.4 Å². The predicted molar refractivity (Wildman–Crippen MR) is 95.1 cm³/mol. The first-order chi connectivity index (χ1) is 11.1. The molecule has 0 fully saturated rings. The highest BCUT2D eigenvalue weighted by Gasteiger charge is 2.06. The van der Waals surface area contributed by atoms with Crippen LogP contribution < -0.4 is 11.5 Å². The Morgan fingerprint density at radius 1 is 1.09 bits per heavy atom. The zero-order valence-electron chi connectivity index (χ0n) is 14.3. The van der Waals surface area contributed by atoms with Gasteiger partial charge in [0.2, 0.25) is 0 Å². The standard InChI is InChI=1S/C17H29N5O/c1-14(16-6-3-7-17(21-16)15(2)23)20-10-13-22(11-4-8-18)12-5-9-19/h3,6-7H,4-5,8-13,18-19H2,1-2H3.